The number of benzene rings is 1. The Balaban J connectivity index is 0.000000160. The molecule has 1 aromatic rings. The van der Waals surface area contributed by atoms with Crippen molar-refractivity contribution in [1.29, 1.82) is 0 Å². The van der Waals surface area contributed by atoms with Gasteiger partial charge in [0.1, 0.15) is 0 Å². The first kappa shape index (κ1) is 16.5. The Hall–Kier alpha value is -1.88. The maximum absolute atomic E-state index is 10.4. The van der Waals surface area contributed by atoms with Gasteiger partial charge < -0.3 is 15.0 Å². The number of aromatic carboxylic acids is 1. The number of carbonyl (C=O) groups is 1. The van der Waals surface area contributed by atoms with E-state index < -0.39 is 5.97 Å². The molecule has 0 aliphatic carbocycles. The van der Waals surface area contributed by atoms with Gasteiger partial charge in [-0.25, -0.2) is 0 Å². The standard InChI is InChI=1S/C9H16N2.C8H8O3/c1-2-5-9-10-6-4-8-11(9)7-3-1;9-5-6-3-1-2-4-7(6)8(10)11/h1-8H2;1-4,9H,5H2,(H,10,11). The lowest BCUT2D eigenvalue weighted by molar-refractivity contribution is -0.534. The number of carbonyl (C=O) groups excluding carboxylic acids is 1. The maximum Gasteiger partial charge on any atom is 0.244 e. The van der Waals surface area contributed by atoms with Gasteiger partial charge in [-0.2, -0.15) is 0 Å². The highest BCUT2D eigenvalue weighted by Crippen LogP contribution is 2.08. The van der Waals surface area contributed by atoms with Crippen molar-refractivity contribution in [3.63, 3.8) is 0 Å². The molecule has 0 radical (unpaired) electrons. The van der Waals surface area contributed by atoms with Crippen molar-refractivity contribution in [3.05, 3.63) is 35.4 Å². The SMILES string of the molecule is C1CCC2=[N+](CC1)CCCN2.O=C([O-])c1ccccc1CO. The lowest BCUT2D eigenvalue weighted by Crippen LogP contribution is -2.40. The molecule has 5 heteroatoms. The summed E-state index contributed by atoms with van der Waals surface area (Å²) in [5.41, 5.74) is 0.433. The average molecular weight is 304 g/mol. The number of aliphatic hydroxyl groups excluding tert-OH is 1. The smallest absolute Gasteiger partial charge is 0.244 e. The summed E-state index contributed by atoms with van der Waals surface area (Å²) in [7, 11) is 0. The summed E-state index contributed by atoms with van der Waals surface area (Å²) in [5, 5.41) is 22.5. The quantitative estimate of drug-likeness (QED) is 0.781. The van der Waals surface area contributed by atoms with Crippen LogP contribution in [0.25, 0.3) is 0 Å². The van der Waals surface area contributed by atoms with Gasteiger partial charge in [0, 0.05) is 18.4 Å². The monoisotopic (exact) mass is 304 g/mol. The minimum atomic E-state index is -1.25. The van der Waals surface area contributed by atoms with E-state index >= 15 is 0 Å². The van der Waals surface area contributed by atoms with Crippen molar-refractivity contribution in [2.75, 3.05) is 19.6 Å². The molecule has 0 fully saturated rings. The van der Waals surface area contributed by atoms with E-state index in [0.717, 1.165) is 0 Å². The van der Waals surface area contributed by atoms with Gasteiger partial charge in [-0.15, -0.1) is 0 Å². The Bertz CT molecular complexity index is 522. The Morgan fingerprint density at radius 2 is 1.95 bits per heavy atom. The fraction of sp³-hybridized carbons (Fsp3) is 0.529. The second-order valence-corrected chi connectivity index (χ2v) is 5.63. The van der Waals surface area contributed by atoms with Crippen molar-refractivity contribution in [2.24, 2.45) is 0 Å². The third kappa shape index (κ3) is 4.56. The number of aliphatic hydroxyl groups is 1. The number of rotatable bonds is 2. The molecule has 0 spiro atoms. The first-order valence-corrected chi connectivity index (χ1v) is 7.97. The van der Waals surface area contributed by atoms with Crippen LogP contribution in [0.5, 0.6) is 0 Å². The first-order chi connectivity index (χ1) is 10.7. The van der Waals surface area contributed by atoms with E-state index in [1.165, 1.54) is 63.6 Å². The van der Waals surface area contributed by atoms with Crippen LogP contribution in [-0.4, -0.2) is 41.1 Å². The number of nitrogens with zero attached hydrogens (tertiary/aromatic N) is 1. The van der Waals surface area contributed by atoms with Crippen LogP contribution in [0.3, 0.4) is 0 Å². The highest BCUT2D eigenvalue weighted by Gasteiger charge is 2.19. The zero-order valence-corrected chi connectivity index (χ0v) is 12.9. The molecule has 2 aliphatic rings. The molecule has 0 aromatic heterocycles. The van der Waals surface area contributed by atoms with Crippen LogP contribution < -0.4 is 10.4 Å². The highest BCUT2D eigenvalue weighted by molar-refractivity contribution is 5.87. The van der Waals surface area contributed by atoms with Crippen LogP contribution in [0.15, 0.2) is 24.3 Å². The lowest BCUT2D eigenvalue weighted by atomic mass is 10.1. The summed E-state index contributed by atoms with van der Waals surface area (Å²) in [4.78, 5) is 10.4. The fourth-order valence-electron chi connectivity index (χ4n) is 2.87. The molecule has 0 amide bonds. The van der Waals surface area contributed by atoms with Crippen molar-refractivity contribution in [3.8, 4) is 0 Å². The molecule has 2 aliphatic heterocycles. The van der Waals surface area contributed by atoms with Gasteiger partial charge in [0.15, 0.2) is 0 Å². The molecule has 2 heterocycles. The molecule has 0 atom stereocenters. The first-order valence-electron chi connectivity index (χ1n) is 7.97. The van der Waals surface area contributed by atoms with E-state index in [1.807, 2.05) is 0 Å². The minimum Gasteiger partial charge on any atom is -0.545 e. The van der Waals surface area contributed by atoms with Crippen molar-refractivity contribution in [2.45, 2.75) is 38.7 Å². The number of nitrogens with one attached hydrogen (secondary N) is 1. The highest BCUT2D eigenvalue weighted by atomic mass is 16.4. The normalized spacial score (nSPS) is 17.5. The summed E-state index contributed by atoms with van der Waals surface area (Å²) in [6.45, 7) is 3.51. The van der Waals surface area contributed by atoms with Gasteiger partial charge in [0.25, 0.3) is 0 Å². The molecule has 0 saturated heterocycles. The van der Waals surface area contributed by atoms with Crippen molar-refractivity contribution < 1.29 is 19.6 Å². The number of amidine groups is 1. The zero-order valence-electron chi connectivity index (χ0n) is 12.9. The van der Waals surface area contributed by atoms with E-state index in [9.17, 15) is 9.90 Å². The molecule has 0 unspecified atom stereocenters. The molecule has 3 rings (SSSR count). The van der Waals surface area contributed by atoms with Crippen LogP contribution in [-0.2, 0) is 6.61 Å². The Kier molecular flexibility index (Phi) is 6.40. The van der Waals surface area contributed by atoms with E-state index in [1.54, 1.807) is 18.2 Å². The van der Waals surface area contributed by atoms with E-state index in [4.69, 9.17) is 5.11 Å². The third-order valence-electron chi connectivity index (χ3n) is 4.06. The van der Waals surface area contributed by atoms with Crippen LogP contribution in [0, 0.1) is 0 Å². The van der Waals surface area contributed by atoms with Crippen molar-refractivity contribution in [1.82, 2.24) is 5.32 Å². The second kappa shape index (κ2) is 8.54. The summed E-state index contributed by atoms with van der Waals surface area (Å²) in [6.07, 6.45) is 6.81. The Morgan fingerprint density at radius 1 is 1.18 bits per heavy atom. The second-order valence-electron chi connectivity index (χ2n) is 5.63. The summed E-state index contributed by atoms with van der Waals surface area (Å²) >= 11 is 0. The Morgan fingerprint density at radius 3 is 2.68 bits per heavy atom. The van der Waals surface area contributed by atoms with Gasteiger partial charge in [-0.3, -0.25) is 9.89 Å². The molecular weight excluding hydrogens is 280 g/mol. The topological polar surface area (TPSA) is 75.4 Å². The molecule has 0 saturated carbocycles. The van der Waals surface area contributed by atoms with Crippen LogP contribution in [0.1, 0.15) is 48.0 Å². The number of hydrogen-bond acceptors (Lipinski definition) is 4. The number of hydrogen-bond donors (Lipinski definition) is 2. The largest absolute Gasteiger partial charge is 0.545 e. The van der Waals surface area contributed by atoms with Crippen molar-refractivity contribution >= 4 is 11.8 Å². The molecule has 0 bridgehead atoms. The average Bonchev–Trinajstić information content (AvgIpc) is 2.80. The molecule has 2 N–H and O–H groups in total. The predicted octanol–water partition coefficient (Wildman–Crippen LogP) is 0.507. The van der Waals surface area contributed by atoms with Crippen LogP contribution >= 0.6 is 0 Å². The minimum absolute atomic E-state index is 0.0509. The summed E-state index contributed by atoms with van der Waals surface area (Å²) in [5.74, 6) is 0.267. The molecule has 1 aromatic carbocycles. The van der Waals surface area contributed by atoms with E-state index in [2.05, 4.69) is 9.89 Å². The third-order valence-corrected chi connectivity index (χ3v) is 4.06. The molecule has 22 heavy (non-hydrogen) atoms. The summed E-state index contributed by atoms with van der Waals surface area (Å²) < 4.78 is 2.54. The molecule has 5 nitrogen and oxygen atoms in total. The number of carboxylic acids is 1. The zero-order chi connectivity index (χ0) is 15.8. The summed E-state index contributed by atoms with van der Waals surface area (Å²) in [6, 6.07) is 6.20. The lowest BCUT2D eigenvalue weighted by Gasteiger charge is -2.14. The predicted molar refractivity (Wildman–Crippen MR) is 82.8 cm³/mol. The van der Waals surface area contributed by atoms with Crippen LogP contribution in [0.2, 0.25) is 0 Å². The molecular formula is C17H24N2O3. The maximum atomic E-state index is 10.4. The van der Waals surface area contributed by atoms with Gasteiger partial charge >= 0.3 is 0 Å². The van der Waals surface area contributed by atoms with E-state index in [-0.39, 0.29) is 12.2 Å². The molecule has 120 valence electrons. The van der Waals surface area contributed by atoms with Gasteiger partial charge in [-0.05, 0) is 24.8 Å². The Labute approximate surface area is 131 Å². The van der Waals surface area contributed by atoms with Gasteiger partial charge in [0.2, 0.25) is 5.84 Å². The van der Waals surface area contributed by atoms with Crippen LogP contribution in [0.4, 0.5) is 0 Å². The van der Waals surface area contributed by atoms with E-state index in [0.29, 0.717) is 5.56 Å². The fourth-order valence-corrected chi connectivity index (χ4v) is 2.87. The number of carboxylic acid groups (broad SMARTS) is 1. The van der Waals surface area contributed by atoms with Gasteiger partial charge in [-0.1, -0.05) is 24.3 Å². The van der Waals surface area contributed by atoms with Gasteiger partial charge in [0.05, 0.1) is 32.2 Å².